The van der Waals surface area contributed by atoms with Gasteiger partial charge in [-0.25, -0.2) is 0 Å². The molecule has 1 atom stereocenters. The van der Waals surface area contributed by atoms with Gasteiger partial charge in [-0.3, -0.25) is 4.57 Å². The molecule has 10 heavy (non-hydrogen) atoms. The van der Waals surface area contributed by atoms with Gasteiger partial charge >= 0.3 is 0 Å². The van der Waals surface area contributed by atoms with Crippen LogP contribution in [0.4, 0.5) is 0 Å². The van der Waals surface area contributed by atoms with Crippen molar-refractivity contribution in [2.24, 2.45) is 0 Å². The molecule has 0 aromatic carbocycles. The van der Waals surface area contributed by atoms with E-state index in [2.05, 4.69) is 0 Å². The smallest absolute Gasteiger partial charge is 0.232 e. The summed E-state index contributed by atoms with van der Waals surface area (Å²) in [5.41, 5.74) is 0. The highest BCUT2D eigenvalue weighted by Gasteiger charge is 2.35. The molecule has 0 bridgehead atoms. The van der Waals surface area contributed by atoms with E-state index >= 15 is 0 Å². The van der Waals surface area contributed by atoms with Crippen LogP contribution in [0.1, 0.15) is 20.8 Å². The highest BCUT2D eigenvalue weighted by atomic mass is 31.2. The van der Waals surface area contributed by atoms with Crippen LogP contribution in [0.25, 0.3) is 0 Å². The molecule has 3 nitrogen and oxygen atoms in total. The fourth-order valence-electron chi connectivity index (χ4n) is 0.544. The normalized spacial score (nSPS) is 18.5. The molecule has 0 heterocycles. The third-order valence-electron chi connectivity index (χ3n) is 1.50. The molecule has 1 N–H and O–H groups in total. The second-order valence-electron chi connectivity index (χ2n) is 3.17. The van der Waals surface area contributed by atoms with Crippen LogP contribution in [0.2, 0.25) is 0 Å². The number of hydrogen-bond donors (Lipinski definition) is 1. The summed E-state index contributed by atoms with van der Waals surface area (Å²) in [5, 5.41) is 8.27. The number of rotatable bonds is 2. The fourth-order valence-corrected chi connectivity index (χ4v) is 1.63. The zero-order valence-corrected chi connectivity index (χ0v) is 7.81. The highest BCUT2D eigenvalue weighted by molar-refractivity contribution is 7.60. The van der Waals surface area contributed by atoms with Gasteiger partial charge < -0.3 is 9.63 Å². The minimum absolute atomic E-state index is 0.382. The molecule has 0 aromatic rings. The lowest BCUT2D eigenvalue weighted by atomic mass is 10.3. The van der Waals surface area contributed by atoms with Crippen molar-refractivity contribution in [3.8, 4) is 0 Å². The molecule has 0 saturated carbocycles. The van der Waals surface area contributed by atoms with Crippen molar-refractivity contribution in [3.63, 3.8) is 0 Å². The van der Waals surface area contributed by atoms with Gasteiger partial charge in [0.05, 0.1) is 0 Å². The first-order valence-electron chi connectivity index (χ1n) is 3.13. The topological polar surface area (TPSA) is 46.5 Å². The maximum atomic E-state index is 11.5. The fraction of sp³-hybridized carbons (Fsp3) is 1.00. The Balaban J connectivity index is 4.51. The number of aliphatic hydroxyl groups is 1. The third-order valence-corrected chi connectivity index (χ3v) is 4.51. The van der Waals surface area contributed by atoms with Gasteiger partial charge in [-0.2, -0.15) is 0 Å². The summed E-state index contributed by atoms with van der Waals surface area (Å²) >= 11 is 0. The van der Waals surface area contributed by atoms with Crippen LogP contribution in [0, 0.1) is 0 Å². The SMILES string of the molecule is COP(=O)(CO)C(C)(C)C. The van der Waals surface area contributed by atoms with Gasteiger partial charge in [0.25, 0.3) is 0 Å². The van der Waals surface area contributed by atoms with E-state index in [9.17, 15) is 4.57 Å². The van der Waals surface area contributed by atoms with Gasteiger partial charge in [0, 0.05) is 12.3 Å². The van der Waals surface area contributed by atoms with E-state index in [0.717, 1.165) is 0 Å². The van der Waals surface area contributed by atoms with Crippen LogP contribution in [0.5, 0.6) is 0 Å². The van der Waals surface area contributed by atoms with Crippen LogP contribution in [0.15, 0.2) is 0 Å². The minimum atomic E-state index is -2.81. The van der Waals surface area contributed by atoms with E-state index in [0.29, 0.717) is 0 Å². The summed E-state index contributed by atoms with van der Waals surface area (Å²) in [6.45, 7) is 5.36. The van der Waals surface area contributed by atoms with Gasteiger partial charge in [0.2, 0.25) is 7.37 Å². The Morgan fingerprint density at radius 1 is 1.50 bits per heavy atom. The molecular formula is C6H15O3P. The van der Waals surface area contributed by atoms with Crippen molar-refractivity contribution in [1.82, 2.24) is 0 Å². The van der Waals surface area contributed by atoms with E-state index in [1.54, 1.807) is 20.8 Å². The van der Waals surface area contributed by atoms with Crippen LogP contribution < -0.4 is 0 Å². The Labute approximate surface area is 61.8 Å². The monoisotopic (exact) mass is 166 g/mol. The lowest BCUT2D eigenvalue weighted by molar-refractivity contribution is 0.297. The van der Waals surface area contributed by atoms with Gasteiger partial charge in [-0.15, -0.1) is 0 Å². The summed E-state index contributed by atoms with van der Waals surface area (Å²) in [6, 6.07) is 0. The van der Waals surface area contributed by atoms with Crippen molar-refractivity contribution >= 4 is 7.37 Å². The average molecular weight is 166 g/mol. The predicted molar refractivity (Wildman–Crippen MR) is 41.5 cm³/mol. The lowest BCUT2D eigenvalue weighted by Gasteiger charge is -2.27. The first kappa shape index (κ1) is 10.2. The molecule has 0 aliphatic carbocycles. The first-order valence-corrected chi connectivity index (χ1v) is 4.94. The van der Waals surface area contributed by atoms with E-state index in [1.165, 1.54) is 7.11 Å². The van der Waals surface area contributed by atoms with E-state index in [-0.39, 0.29) is 6.35 Å². The molecule has 0 spiro atoms. The molecule has 1 unspecified atom stereocenters. The molecule has 0 amide bonds. The van der Waals surface area contributed by atoms with Gasteiger partial charge in [-0.1, -0.05) is 20.8 Å². The summed E-state index contributed by atoms with van der Waals surface area (Å²) in [4.78, 5) is 0. The largest absolute Gasteiger partial charge is 0.386 e. The first-order chi connectivity index (χ1) is 4.37. The number of hydrogen-bond acceptors (Lipinski definition) is 3. The molecule has 4 heteroatoms. The highest BCUT2D eigenvalue weighted by Crippen LogP contribution is 2.56. The molecule has 0 aliphatic rings. The average Bonchev–Trinajstić information content (AvgIpc) is 1.84. The summed E-state index contributed by atoms with van der Waals surface area (Å²) < 4.78 is 16.3. The maximum absolute atomic E-state index is 11.5. The van der Waals surface area contributed by atoms with Crippen LogP contribution in [-0.4, -0.2) is 23.7 Å². The lowest BCUT2D eigenvalue weighted by Crippen LogP contribution is -2.17. The van der Waals surface area contributed by atoms with Crippen LogP contribution >= 0.6 is 7.37 Å². The standard InChI is InChI=1S/C6H15O3P/c1-6(2,3)10(8,5-7)9-4/h7H,5H2,1-4H3. The predicted octanol–water partition coefficient (Wildman–Crippen LogP) is 1.66. The Morgan fingerprint density at radius 3 is 1.90 bits per heavy atom. The minimum Gasteiger partial charge on any atom is -0.386 e. The summed E-state index contributed by atoms with van der Waals surface area (Å²) in [5.74, 6) is 0. The maximum Gasteiger partial charge on any atom is 0.232 e. The van der Waals surface area contributed by atoms with Crippen molar-refractivity contribution in [2.75, 3.05) is 13.5 Å². The molecule has 0 saturated heterocycles. The van der Waals surface area contributed by atoms with Gasteiger partial charge in [0.1, 0.15) is 6.35 Å². The van der Waals surface area contributed by atoms with Crippen LogP contribution in [-0.2, 0) is 9.09 Å². The van der Waals surface area contributed by atoms with Gasteiger partial charge in [-0.05, 0) is 0 Å². The van der Waals surface area contributed by atoms with Gasteiger partial charge in [0.15, 0.2) is 0 Å². The third kappa shape index (κ3) is 1.82. The van der Waals surface area contributed by atoms with Crippen molar-refractivity contribution in [1.29, 1.82) is 0 Å². The molecule has 0 fully saturated rings. The molecule has 0 radical (unpaired) electrons. The molecule has 0 rings (SSSR count). The summed E-state index contributed by atoms with van der Waals surface area (Å²) in [6.07, 6.45) is -0.382. The van der Waals surface area contributed by atoms with E-state index in [1.807, 2.05) is 0 Å². The quantitative estimate of drug-likeness (QED) is 0.634. The van der Waals surface area contributed by atoms with Crippen LogP contribution in [0.3, 0.4) is 0 Å². The van der Waals surface area contributed by atoms with Crippen molar-refractivity contribution in [2.45, 2.75) is 25.9 Å². The Kier molecular flexibility index (Phi) is 3.08. The Bertz CT molecular complexity index is 140. The Hall–Kier alpha value is 0.150. The zero-order chi connectivity index (χ0) is 8.41. The Morgan fingerprint density at radius 2 is 1.90 bits per heavy atom. The number of aliphatic hydroxyl groups excluding tert-OH is 1. The molecule has 0 aliphatic heterocycles. The summed E-state index contributed by atoms with van der Waals surface area (Å²) in [7, 11) is -1.45. The second-order valence-corrected chi connectivity index (χ2v) is 6.50. The molecule has 0 aromatic heterocycles. The van der Waals surface area contributed by atoms with Crippen molar-refractivity contribution < 1.29 is 14.2 Å². The van der Waals surface area contributed by atoms with E-state index in [4.69, 9.17) is 9.63 Å². The molecule has 62 valence electrons. The molecular weight excluding hydrogens is 151 g/mol. The zero-order valence-electron chi connectivity index (χ0n) is 6.92. The van der Waals surface area contributed by atoms with E-state index < -0.39 is 12.5 Å². The second kappa shape index (κ2) is 3.04. The van der Waals surface area contributed by atoms with Crippen molar-refractivity contribution in [3.05, 3.63) is 0 Å².